The molecule has 0 aromatic heterocycles. The van der Waals surface area contributed by atoms with E-state index in [1.165, 1.54) is 0 Å². The number of carbonyl (C=O) groups is 2. The third-order valence-electron chi connectivity index (χ3n) is 6.13. The van der Waals surface area contributed by atoms with E-state index in [0.29, 0.717) is 24.7 Å². The van der Waals surface area contributed by atoms with Gasteiger partial charge in [-0.05, 0) is 23.6 Å². The number of carbonyl (C=O) groups excluding carboxylic acids is 2. The number of halogens is 1. The molecule has 0 bridgehead atoms. The van der Waals surface area contributed by atoms with Gasteiger partial charge in [0.05, 0.1) is 6.04 Å². The molecule has 0 aliphatic carbocycles. The average Bonchev–Trinajstić information content (AvgIpc) is 3.26. The maximum atomic E-state index is 12.8. The first-order valence-electron chi connectivity index (χ1n) is 9.88. The van der Waals surface area contributed by atoms with E-state index in [4.69, 9.17) is 11.6 Å². The molecule has 4 nitrogen and oxygen atoms in total. The first kappa shape index (κ1) is 19.0. The van der Waals surface area contributed by atoms with E-state index in [1.54, 1.807) is 6.92 Å². The Morgan fingerprint density at radius 2 is 1.71 bits per heavy atom. The molecule has 2 aliphatic rings. The van der Waals surface area contributed by atoms with Gasteiger partial charge in [0.25, 0.3) is 0 Å². The van der Waals surface area contributed by atoms with Crippen LogP contribution in [-0.2, 0) is 16.0 Å². The summed E-state index contributed by atoms with van der Waals surface area (Å²) in [5.74, 6) is 0.935. The molecule has 0 unspecified atom stereocenters. The molecule has 2 saturated heterocycles. The zero-order valence-electron chi connectivity index (χ0n) is 16.1. The van der Waals surface area contributed by atoms with Crippen molar-refractivity contribution >= 4 is 23.4 Å². The summed E-state index contributed by atoms with van der Waals surface area (Å²) < 4.78 is 0. The van der Waals surface area contributed by atoms with Crippen molar-refractivity contribution in [3.8, 4) is 0 Å². The van der Waals surface area contributed by atoms with Crippen LogP contribution in [0, 0.1) is 11.8 Å². The molecule has 2 amide bonds. The molecule has 3 atom stereocenters. The summed E-state index contributed by atoms with van der Waals surface area (Å²) in [6.07, 6.45) is 1.13. The third kappa shape index (κ3) is 3.66. The third-order valence-corrected chi connectivity index (χ3v) is 6.50. The Morgan fingerprint density at radius 3 is 2.43 bits per heavy atom. The van der Waals surface area contributed by atoms with Crippen LogP contribution in [0.15, 0.2) is 54.6 Å². The summed E-state index contributed by atoms with van der Waals surface area (Å²) in [5, 5.41) is 0.717. The minimum Gasteiger partial charge on any atom is -0.342 e. The minimum atomic E-state index is 0.0602. The number of nitrogens with zero attached hydrogens (tertiary/aromatic N) is 2. The largest absolute Gasteiger partial charge is 0.342 e. The number of hydrogen-bond donors (Lipinski definition) is 0. The molecule has 0 saturated carbocycles. The highest BCUT2D eigenvalue weighted by molar-refractivity contribution is 6.31. The van der Waals surface area contributed by atoms with Crippen molar-refractivity contribution in [2.45, 2.75) is 25.8 Å². The smallest absolute Gasteiger partial charge is 0.222 e. The van der Waals surface area contributed by atoms with Crippen molar-refractivity contribution in [2.75, 3.05) is 19.6 Å². The van der Waals surface area contributed by atoms with Crippen LogP contribution in [0.1, 0.15) is 30.5 Å². The lowest BCUT2D eigenvalue weighted by molar-refractivity contribution is -0.131. The van der Waals surface area contributed by atoms with Crippen LogP contribution in [0.3, 0.4) is 0 Å². The van der Waals surface area contributed by atoms with E-state index >= 15 is 0 Å². The Kier molecular flexibility index (Phi) is 5.40. The lowest BCUT2D eigenvalue weighted by Gasteiger charge is -2.29. The van der Waals surface area contributed by atoms with Crippen molar-refractivity contribution in [3.05, 3.63) is 70.7 Å². The zero-order valence-corrected chi connectivity index (χ0v) is 16.8. The van der Waals surface area contributed by atoms with Gasteiger partial charge in [-0.25, -0.2) is 0 Å². The van der Waals surface area contributed by atoms with Crippen molar-refractivity contribution in [1.82, 2.24) is 9.80 Å². The van der Waals surface area contributed by atoms with Crippen LogP contribution >= 0.6 is 11.6 Å². The van der Waals surface area contributed by atoms with Crippen LogP contribution in [0.2, 0.25) is 5.02 Å². The quantitative estimate of drug-likeness (QED) is 0.785. The van der Waals surface area contributed by atoms with Gasteiger partial charge in [0.2, 0.25) is 11.8 Å². The molecular weight excluding hydrogens is 372 g/mol. The van der Waals surface area contributed by atoms with E-state index < -0.39 is 0 Å². The van der Waals surface area contributed by atoms with Gasteiger partial charge in [0.1, 0.15) is 0 Å². The molecular formula is C23H25ClN2O2. The van der Waals surface area contributed by atoms with E-state index in [-0.39, 0.29) is 17.9 Å². The molecule has 28 heavy (non-hydrogen) atoms. The summed E-state index contributed by atoms with van der Waals surface area (Å²) in [6.45, 7) is 3.83. The monoisotopic (exact) mass is 396 g/mol. The summed E-state index contributed by atoms with van der Waals surface area (Å²) >= 11 is 6.22. The molecule has 2 aromatic carbocycles. The Morgan fingerprint density at radius 1 is 1.00 bits per heavy atom. The second-order valence-electron chi connectivity index (χ2n) is 7.84. The fourth-order valence-corrected chi connectivity index (χ4v) is 4.98. The van der Waals surface area contributed by atoms with E-state index in [2.05, 4.69) is 12.1 Å². The standard InChI is InChI=1S/C23H25ClN2O2/c1-16(27)26-14-19-13-25(15-20(19)23(26)18-8-3-2-4-9-18)22(28)12-11-17-7-5-6-10-21(17)24/h2-10,19-20,23H,11-15H2,1H3/t19-,20-,23+/m1/s1. The van der Waals surface area contributed by atoms with Crippen LogP contribution in [0.25, 0.3) is 0 Å². The predicted molar refractivity (Wildman–Crippen MR) is 110 cm³/mol. The van der Waals surface area contributed by atoms with Gasteiger partial charge in [-0.1, -0.05) is 60.1 Å². The summed E-state index contributed by atoms with van der Waals surface area (Å²) in [5.41, 5.74) is 2.18. The Balaban J connectivity index is 1.45. The zero-order chi connectivity index (χ0) is 19.7. The molecule has 5 heteroatoms. The number of aryl methyl sites for hydroxylation is 1. The van der Waals surface area contributed by atoms with Gasteiger partial charge in [0, 0.05) is 49.8 Å². The predicted octanol–water partition coefficient (Wildman–Crippen LogP) is 3.95. The molecule has 2 aliphatic heterocycles. The van der Waals surface area contributed by atoms with Gasteiger partial charge in [-0.2, -0.15) is 0 Å². The highest BCUT2D eigenvalue weighted by atomic mass is 35.5. The van der Waals surface area contributed by atoms with E-state index in [9.17, 15) is 9.59 Å². The number of hydrogen-bond acceptors (Lipinski definition) is 2. The molecule has 146 valence electrons. The van der Waals surface area contributed by atoms with Crippen molar-refractivity contribution in [3.63, 3.8) is 0 Å². The highest BCUT2D eigenvalue weighted by Gasteiger charge is 2.49. The molecule has 2 heterocycles. The fourth-order valence-electron chi connectivity index (χ4n) is 4.75. The number of fused-ring (bicyclic) bond motifs is 1. The fraction of sp³-hybridized carbons (Fsp3) is 0.391. The number of amides is 2. The van der Waals surface area contributed by atoms with Crippen molar-refractivity contribution in [2.24, 2.45) is 11.8 Å². The van der Waals surface area contributed by atoms with Crippen LogP contribution < -0.4 is 0 Å². The van der Waals surface area contributed by atoms with Gasteiger partial charge >= 0.3 is 0 Å². The second-order valence-corrected chi connectivity index (χ2v) is 8.25. The minimum absolute atomic E-state index is 0.0602. The van der Waals surface area contributed by atoms with Crippen LogP contribution in [-0.4, -0.2) is 41.2 Å². The molecule has 2 fully saturated rings. The number of likely N-dealkylation sites (tertiary alicyclic amines) is 2. The first-order chi connectivity index (χ1) is 13.5. The van der Waals surface area contributed by atoms with Gasteiger partial charge in [-0.15, -0.1) is 0 Å². The van der Waals surface area contributed by atoms with Gasteiger partial charge in [-0.3, -0.25) is 9.59 Å². The van der Waals surface area contributed by atoms with Crippen molar-refractivity contribution < 1.29 is 9.59 Å². The Labute approximate surface area is 171 Å². The number of rotatable bonds is 4. The number of benzene rings is 2. The van der Waals surface area contributed by atoms with Gasteiger partial charge in [0.15, 0.2) is 0 Å². The molecule has 0 spiro atoms. The first-order valence-corrected chi connectivity index (χ1v) is 10.3. The maximum absolute atomic E-state index is 12.8. The van der Waals surface area contributed by atoms with E-state index in [1.807, 2.05) is 52.3 Å². The topological polar surface area (TPSA) is 40.6 Å². The normalized spacial score (nSPS) is 23.7. The SMILES string of the molecule is CC(=O)N1C[C@H]2CN(C(=O)CCc3ccccc3Cl)C[C@H]2[C@@H]1c1ccccc1. The molecule has 0 radical (unpaired) electrons. The Hall–Kier alpha value is -2.33. The average molecular weight is 397 g/mol. The molecule has 2 aromatic rings. The summed E-state index contributed by atoms with van der Waals surface area (Å²) in [7, 11) is 0. The maximum Gasteiger partial charge on any atom is 0.222 e. The summed E-state index contributed by atoms with van der Waals surface area (Å²) in [6, 6.07) is 18.0. The summed E-state index contributed by atoms with van der Waals surface area (Å²) in [4.78, 5) is 29.0. The van der Waals surface area contributed by atoms with E-state index in [0.717, 1.165) is 35.8 Å². The van der Waals surface area contributed by atoms with Crippen molar-refractivity contribution in [1.29, 1.82) is 0 Å². The Bertz CT molecular complexity index is 870. The van der Waals surface area contributed by atoms with Crippen LogP contribution in [0.4, 0.5) is 0 Å². The second kappa shape index (κ2) is 7.96. The lowest BCUT2D eigenvalue weighted by atomic mass is 9.89. The highest BCUT2D eigenvalue weighted by Crippen LogP contribution is 2.45. The lowest BCUT2D eigenvalue weighted by Crippen LogP contribution is -2.36. The molecule has 4 rings (SSSR count). The van der Waals surface area contributed by atoms with Crippen LogP contribution in [0.5, 0.6) is 0 Å². The van der Waals surface area contributed by atoms with Gasteiger partial charge < -0.3 is 9.80 Å². The molecule has 0 N–H and O–H groups in total.